The minimum absolute atomic E-state index is 0.000352. The van der Waals surface area contributed by atoms with E-state index in [4.69, 9.17) is 9.72 Å². The van der Waals surface area contributed by atoms with Gasteiger partial charge in [-0.25, -0.2) is 4.98 Å². The zero-order valence-electron chi connectivity index (χ0n) is 51.8. The maximum atomic E-state index is 7.04. The highest BCUT2D eigenvalue weighted by Crippen LogP contribution is 2.53. The van der Waals surface area contributed by atoms with Gasteiger partial charge in [-0.1, -0.05) is 208 Å². The topological polar surface area (TPSA) is 35.9 Å². The third kappa shape index (κ3) is 9.21. The van der Waals surface area contributed by atoms with Crippen molar-refractivity contribution in [3.63, 3.8) is 0 Å². The van der Waals surface area contributed by atoms with Gasteiger partial charge in [0.15, 0.2) is 0 Å². The lowest BCUT2D eigenvalue weighted by Crippen LogP contribution is -2.34. The lowest BCUT2D eigenvalue weighted by Gasteiger charge is -2.42. The molecule has 8 aromatic carbocycles. The minimum atomic E-state index is -0.181. The minimum Gasteiger partial charge on any atom is -0.458 e. The molecule has 0 bridgehead atoms. The summed E-state index contributed by atoms with van der Waals surface area (Å²) in [6, 6.07) is 61.8. The summed E-state index contributed by atoms with van der Waals surface area (Å²) in [5.74, 6) is 2.37. The van der Waals surface area contributed by atoms with Crippen LogP contribution in [0.2, 0.25) is 0 Å². The zero-order valence-corrected chi connectivity index (χ0v) is 51.8. The maximum Gasteiger partial charge on any atom is 0.269 e. The van der Waals surface area contributed by atoms with E-state index in [1.165, 1.54) is 83.3 Å². The molecule has 11 aromatic rings. The van der Waals surface area contributed by atoms with E-state index in [9.17, 15) is 0 Å². The summed E-state index contributed by atoms with van der Waals surface area (Å²) in [5.41, 5.74) is 23.7. The Balaban J connectivity index is 1.09. The molecule has 3 aromatic heterocycles. The summed E-state index contributed by atoms with van der Waals surface area (Å²) in [6.45, 7) is 37.6. The number of aromatic nitrogens is 4. The summed E-state index contributed by atoms with van der Waals surface area (Å²) in [6.07, 6.45) is 8.37. The number of nitrogens with zero attached hydrogens (tertiary/aromatic N) is 4. The number of fused-ring (bicyclic) bond motifs is 11. The van der Waals surface area contributed by atoms with Crippen molar-refractivity contribution >= 4 is 32.8 Å². The van der Waals surface area contributed by atoms with Gasteiger partial charge in [-0.05, 0) is 184 Å². The van der Waals surface area contributed by atoms with Crippen LogP contribution in [-0.2, 0) is 32.5 Å². The molecule has 0 radical (unpaired) electrons. The fourth-order valence-electron chi connectivity index (χ4n) is 13.2. The molecule has 0 amide bonds. The number of para-hydroxylation sites is 1. The average Bonchev–Trinajstić information content (AvgIpc) is 3.16. The molecule has 0 saturated heterocycles. The molecule has 4 heterocycles. The van der Waals surface area contributed by atoms with Gasteiger partial charge < -0.3 is 4.74 Å². The van der Waals surface area contributed by atoms with Crippen molar-refractivity contribution in [1.82, 2.24) is 14.1 Å². The van der Waals surface area contributed by atoms with Crippen molar-refractivity contribution in [3.8, 4) is 73.2 Å². The number of imidazole rings is 1. The molecular formula is C78H80N4O. The lowest BCUT2D eigenvalue weighted by atomic mass is 9.62. The molecular weight excluding hydrogens is 1010 g/mol. The van der Waals surface area contributed by atoms with Crippen molar-refractivity contribution in [1.29, 1.82) is 0 Å². The van der Waals surface area contributed by atoms with Gasteiger partial charge in [-0.15, -0.1) is 0 Å². The average molecular weight is 1090 g/mol. The van der Waals surface area contributed by atoms with Crippen LogP contribution in [0.3, 0.4) is 0 Å². The largest absolute Gasteiger partial charge is 0.458 e. The van der Waals surface area contributed by atoms with E-state index in [1.807, 2.05) is 6.20 Å². The number of pyridine rings is 1. The molecule has 0 atom stereocenters. The maximum absolute atomic E-state index is 7.04. The molecule has 83 heavy (non-hydrogen) atoms. The molecule has 13 rings (SSSR count). The first-order chi connectivity index (χ1) is 39.1. The Bertz CT molecular complexity index is 4430. The number of hydrogen-bond acceptors (Lipinski definition) is 2. The van der Waals surface area contributed by atoms with Crippen LogP contribution < -0.4 is 9.30 Å². The summed E-state index contributed by atoms with van der Waals surface area (Å²) < 4.78 is 14.1. The Hall–Kier alpha value is -8.02. The van der Waals surface area contributed by atoms with Gasteiger partial charge in [-0.3, -0.25) is 13.7 Å². The molecule has 0 unspecified atom stereocenters. The third-order valence-corrected chi connectivity index (χ3v) is 18.5. The second-order valence-corrected chi connectivity index (χ2v) is 29.5. The van der Waals surface area contributed by atoms with Crippen LogP contribution in [-0.4, -0.2) is 14.1 Å². The van der Waals surface area contributed by atoms with E-state index in [0.29, 0.717) is 0 Å². The van der Waals surface area contributed by atoms with Crippen LogP contribution in [0, 0.1) is 6.33 Å². The van der Waals surface area contributed by atoms with Crippen LogP contribution >= 0.6 is 0 Å². The first-order valence-electron chi connectivity index (χ1n) is 30.1. The molecule has 0 saturated carbocycles. The Morgan fingerprint density at radius 1 is 0.446 bits per heavy atom. The molecule has 5 heteroatoms. The SMILES string of the molecule is CC(C)(C)c1ccc(-c2cc(C(C)(C)C)cc3c2-[n+]2[c-]n(-c4cccc(Oc5ccc6c7ccccc7n(-c7cc(C(C)(C)C)ccn7)c6c5)c4)c4cc(C(C)(C)C)cc(c42)-c2ccccc2-c2cc4c(cc2-3)C(C)(C)CCC4(C)C)cc1. The molecule has 2 aliphatic rings. The highest BCUT2D eigenvalue weighted by atomic mass is 16.5. The second kappa shape index (κ2) is 18.7. The Kier molecular flexibility index (Phi) is 12.3. The zero-order chi connectivity index (χ0) is 58.5. The summed E-state index contributed by atoms with van der Waals surface area (Å²) in [4.78, 5) is 4.97. The first kappa shape index (κ1) is 54.2. The van der Waals surface area contributed by atoms with Gasteiger partial charge in [0, 0.05) is 23.0 Å². The van der Waals surface area contributed by atoms with Gasteiger partial charge >= 0.3 is 0 Å². The van der Waals surface area contributed by atoms with Gasteiger partial charge in [-0.2, -0.15) is 0 Å². The van der Waals surface area contributed by atoms with Crippen LogP contribution in [0.1, 0.15) is 157 Å². The smallest absolute Gasteiger partial charge is 0.269 e. The molecule has 0 spiro atoms. The van der Waals surface area contributed by atoms with Gasteiger partial charge in [0.2, 0.25) is 0 Å². The predicted molar refractivity (Wildman–Crippen MR) is 348 cm³/mol. The molecule has 1 aliphatic heterocycles. The van der Waals surface area contributed by atoms with Crippen molar-refractivity contribution in [2.45, 2.75) is 156 Å². The fourth-order valence-corrected chi connectivity index (χ4v) is 13.2. The molecule has 0 N–H and O–H groups in total. The lowest BCUT2D eigenvalue weighted by molar-refractivity contribution is -0.570. The van der Waals surface area contributed by atoms with Crippen LogP contribution in [0.25, 0.3) is 94.5 Å². The Morgan fingerprint density at radius 3 is 1.67 bits per heavy atom. The number of rotatable bonds is 5. The van der Waals surface area contributed by atoms with Crippen LogP contribution in [0.5, 0.6) is 11.5 Å². The highest BCUT2D eigenvalue weighted by Gasteiger charge is 2.40. The van der Waals surface area contributed by atoms with Crippen molar-refractivity contribution in [2.24, 2.45) is 0 Å². The quantitative estimate of drug-likeness (QED) is 0.127. The van der Waals surface area contributed by atoms with Gasteiger partial charge in [0.25, 0.3) is 6.33 Å². The van der Waals surface area contributed by atoms with Gasteiger partial charge in [0.1, 0.15) is 17.3 Å². The standard InChI is InChI=1S/C78H80N4O/c1-73(2,3)49-30-28-48(29-31-49)60-38-51(75(7,8)9)39-64-62-46-66-65(77(13,14)35-36-78(66,15)16)45-61(62)56-24-17-18-25-57(56)63-40-52(76(10,11)12)41-69-72(63)81(71(60)64)47-80(69)53-22-21-23-54(43-53)83-55-32-33-59-58-26-19-20-27-67(58)82(68(59)44-55)70-42-50(34-37-79-70)74(4,5)6/h17-34,37-46H,35-36H2,1-16H3. The van der Waals surface area contributed by atoms with Crippen LogP contribution in [0.15, 0.2) is 170 Å². The van der Waals surface area contributed by atoms with E-state index in [0.717, 1.165) is 69.0 Å². The van der Waals surface area contributed by atoms with Gasteiger partial charge in [0.05, 0.1) is 33.4 Å². The Labute approximate surface area is 492 Å². The predicted octanol–water partition coefficient (Wildman–Crippen LogP) is 20.5. The number of benzene rings is 8. The van der Waals surface area contributed by atoms with E-state index in [-0.39, 0.29) is 32.5 Å². The molecule has 0 fully saturated rings. The first-order valence-corrected chi connectivity index (χ1v) is 30.1. The summed E-state index contributed by atoms with van der Waals surface area (Å²) in [7, 11) is 0. The summed E-state index contributed by atoms with van der Waals surface area (Å²) >= 11 is 0. The van der Waals surface area contributed by atoms with Crippen LogP contribution in [0.4, 0.5) is 0 Å². The van der Waals surface area contributed by atoms with E-state index in [1.54, 1.807) is 0 Å². The Morgan fingerprint density at radius 2 is 1.01 bits per heavy atom. The fraction of sp³-hybridized carbons (Fsp3) is 0.308. The summed E-state index contributed by atoms with van der Waals surface area (Å²) in [5, 5.41) is 2.33. The highest BCUT2D eigenvalue weighted by molar-refractivity contribution is 6.09. The van der Waals surface area contributed by atoms with Crippen molar-refractivity contribution in [2.75, 3.05) is 0 Å². The monoisotopic (exact) mass is 1090 g/mol. The van der Waals surface area contributed by atoms with Crippen molar-refractivity contribution in [3.05, 3.63) is 210 Å². The molecule has 1 aliphatic carbocycles. The van der Waals surface area contributed by atoms with E-state index in [2.05, 4.69) is 295 Å². The van der Waals surface area contributed by atoms with E-state index >= 15 is 0 Å². The molecule has 5 nitrogen and oxygen atoms in total. The third-order valence-electron chi connectivity index (χ3n) is 18.5. The number of ether oxygens (including phenoxy) is 1. The van der Waals surface area contributed by atoms with Crippen molar-refractivity contribution < 1.29 is 9.30 Å². The molecule has 418 valence electrons. The van der Waals surface area contributed by atoms with E-state index < -0.39 is 0 Å². The normalized spacial score (nSPS) is 14.8. The second-order valence-electron chi connectivity index (χ2n) is 29.5. The number of hydrogen-bond donors (Lipinski definition) is 0.